The zero-order valence-electron chi connectivity index (χ0n) is 12.7. The first kappa shape index (κ1) is 15.7. The zero-order chi connectivity index (χ0) is 16.4. The molecule has 1 fully saturated rings. The van der Waals surface area contributed by atoms with E-state index in [4.69, 9.17) is 4.42 Å². The van der Waals surface area contributed by atoms with Crippen molar-refractivity contribution in [1.82, 2.24) is 20.1 Å². The van der Waals surface area contributed by atoms with Crippen LogP contribution in [-0.4, -0.2) is 40.9 Å². The van der Waals surface area contributed by atoms with Gasteiger partial charge in [0.05, 0.1) is 6.26 Å². The van der Waals surface area contributed by atoms with Crippen molar-refractivity contribution in [1.29, 1.82) is 0 Å². The van der Waals surface area contributed by atoms with Crippen molar-refractivity contribution in [2.75, 3.05) is 5.75 Å². The summed E-state index contributed by atoms with van der Waals surface area (Å²) in [6.45, 7) is 0. The van der Waals surface area contributed by atoms with Crippen LogP contribution in [0, 0.1) is 0 Å². The predicted octanol–water partition coefficient (Wildman–Crippen LogP) is 0.908. The molecule has 2 heterocycles. The number of amides is 1. The molecule has 3 rings (SSSR count). The van der Waals surface area contributed by atoms with Gasteiger partial charge in [0.2, 0.25) is 20.9 Å². The lowest BCUT2D eigenvalue weighted by Gasteiger charge is -2.11. The molecule has 0 unspecified atom stereocenters. The molecule has 2 aromatic rings. The second-order valence-corrected chi connectivity index (χ2v) is 7.53. The van der Waals surface area contributed by atoms with Crippen LogP contribution >= 0.6 is 0 Å². The third kappa shape index (κ3) is 3.29. The number of nitrogens with zero attached hydrogens (tertiary/aromatic N) is 3. The highest BCUT2D eigenvalue weighted by Crippen LogP contribution is 2.20. The molecule has 0 bridgehead atoms. The summed E-state index contributed by atoms with van der Waals surface area (Å²) in [6.07, 6.45) is 5.39. The van der Waals surface area contributed by atoms with E-state index in [1.165, 1.54) is 17.9 Å². The molecule has 1 aliphatic rings. The van der Waals surface area contributed by atoms with Crippen molar-refractivity contribution in [2.24, 2.45) is 7.05 Å². The predicted molar refractivity (Wildman–Crippen MR) is 81.2 cm³/mol. The van der Waals surface area contributed by atoms with Gasteiger partial charge in [-0.3, -0.25) is 9.36 Å². The maximum atomic E-state index is 12.4. The number of hydrogen-bond donors (Lipinski definition) is 1. The Bertz CT molecular complexity index is 789. The molecule has 9 heteroatoms. The van der Waals surface area contributed by atoms with Gasteiger partial charge in [-0.25, -0.2) is 8.42 Å². The van der Waals surface area contributed by atoms with Gasteiger partial charge in [-0.1, -0.05) is 12.8 Å². The highest BCUT2D eigenvalue weighted by molar-refractivity contribution is 7.91. The van der Waals surface area contributed by atoms with Crippen LogP contribution in [0.1, 0.15) is 25.7 Å². The molecule has 1 amide bonds. The largest absolute Gasteiger partial charge is 0.461 e. The Labute approximate surface area is 133 Å². The van der Waals surface area contributed by atoms with Gasteiger partial charge in [-0.2, -0.15) is 0 Å². The third-order valence-electron chi connectivity index (χ3n) is 3.90. The van der Waals surface area contributed by atoms with E-state index in [2.05, 4.69) is 15.5 Å². The molecule has 23 heavy (non-hydrogen) atoms. The molecule has 0 saturated heterocycles. The quantitative estimate of drug-likeness (QED) is 0.868. The van der Waals surface area contributed by atoms with Crippen LogP contribution in [0.5, 0.6) is 0 Å². The Morgan fingerprint density at radius 1 is 1.39 bits per heavy atom. The molecule has 1 N–H and O–H groups in total. The molecule has 0 aromatic carbocycles. The normalized spacial score (nSPS) is 15.9. The van der Waals surface area contributed by atoms with Crippen LogP contribution in [0.4, 0.5) is 0 Å². The Morgan fingerprint density at radius 2 is 2.13 bits per heavy atom. The summed E-state index contributed by atoms with van der Waals surface area (Å²) >= 11 is 0. The van der Waals surface area contributed by atoms with Crippen molar-refractivity contribution >= 4 is 15.7 Å². The Morgan fingerprint density at radius 3 is 2.78 bits per heavy atom. The van der Waals surface area contributed by atoms with E-state index in [1.54, 1.807) is 12.1 Å². The number of sulfone groups is 1. The number of rotatable bonds is 5. The highest BCUT2D eigenvalue weighted by Gasteiger charge is 2.28. The standard InChI is InChI=1S/C14H18N4O4S/c1-18-13(11-7-4-8-22-11)16-17-14(18)23(20,21)9-12(19)15-10-5-2-3-6-10/h4,7-8,10H,2-3,5-6,9H2,1H3,(H,15,19). The van der Waals surface area contributed by atoms with Gasteiger partial charge in [0.25, 0.3) is 0 Å². The van der Waals surface area contributed by atoms with Crippen LogP contribution in [0.25, 0.3) is 11.6 Å². The van der Waals surface area contributed by atoms with Crippen LogP contribution in [0.3, 0.4) is 0 Å². The second-order valence-electron chi connectivity index (χ2n) is 5.65. The summed E-state index contributed by atoms with van der Waals surface area (Å²) in [5, 5.41) is 10.1. The SMILES string of the molecule is Cn1c(-c2ccco2)nnc1S(=O)(=O)CC(=O)NC1CCCC1. The highest BCUT2D eigenvalue weighted by atomic mass is 32.2. The molecule has 1 aliphatic carbocycles. The van der Waals surface area contributed by atoms with Gasteiger partial charge in [0.1, 0.15) is 5.75 Å². The molecule has 2 aromatic heterocycles. The summed E-state index contributed by atoms with van der Waals surface area (Å²) in [6, 6.07) is 3.41. The molecule has 0 spiro atoms. The minimum atomic E-state index is -3.87. The fraction of sp³-hybridized carbons (Fsp3) is 0.500. The molecule has 8 nitrogen and oxygen atoms in total. The topological polar surface area (TPSA) is 107 Å². The van der Waals surface area contributed by atoms with Gasteiger partial charge in [-0.15, -0.1) is 10.2 Å². The third-order valence-corrected chi connectivity index (χ3v) is 5.45. The van der Waals surface area contributed by atoms with E-state index in [0.29, 0.717) is 11.6 Å². The second kappa shape index (κ2) is 6.15. The molecule has 0 radical (unpaired) electrons. The van der Waals surface area contributed by atoms with E-state index >= 15 is 0 Å². The smallest absolute Gasteiger partial charge is 0.250 e. The molecule has 0 aliphatic heterocycles. The summed E-state index contributed by atoms with van der Waals surface area (Å²) in [7, 11) is -2.34. The molecular formula is C14H18N4O4S. The number of carbonyl (C=O) groups excluding carboxylic acids is 1. The van der Waals surface area contributed by atoms with E-state index in [1.807, 2.05) is 0 Å². The lowest BCUT2D eigenvalue weighted by Crippen LogP contribution is -2.37. The first-order valence-electron chi connectivity index (χ1n) is 7.43. The molecule has 124 valence electrons. The fourth-order valence-corrected chi connectivity index (χ4v) is 4.01. The van der Waals surface area contributed by atoms with E-state index in [0.717, 1.165) is 25.7 Å². The number of aromatic nitrogens is 3. The monoisotopic (exact) mass is 338 g/mol. The van der Waals surface area contributed by atoms with Crippen LogP contribution in [-0.2, 0) is 21.7 Å². The lowest BCUT2D eigenvalue weighted by molar-refractivity contribution is -0.119. The Hall–Kier alpha value is -2.16. The van der Waals surface area contributed by atoms with Crippen molar-refractivity contribution in [3.8, 4) is 11.6 Å². The summed E-state index contributed by atoms with van der Waals surface area (Å²) in [4.78, 5) is 12.0. The van der Waals surface area contributed by atoms with Crippen molar-refractivity contribution in [2.45, 2.75) is 36.9 Å². The fourth-order valence-electron chi connectivity index (χ4n) is 2.78. The van der Waals surface area contributed by atoms with Crippen molar-refractivity contribution in [3.05, 3.63) is 18.4 Å². The Kier molecular flexibility index (Phi) is 4.20. The van der Waals surface area contributed by atoms with Gasteiger partial charge in [-0.05, 0) is 25.0 Å². The number of carbonyl (C=O) groups is 1. The first-order valence-corrected chi connectivity index (χ1v) is 9.08. The average molecular weight is 338 g/mol. The van der Waals surface area contributed by atoms with Crippen molar-refractivity contribution in [3.63, 3.8) is 0 Å². The number of nitrogens with one attached hydrogen (secondary N) is 1. The van der Waals surface area contributed by atoms with E-state index in [9.17, 15) is 13.2 Å². The van der Waals surface area contributed by atoms with Crippen LogP contribution in [0.15, 0.2) is 28.0 Å². The maximum Gasteiger partial charge on any atom is 0.250 e. The van der Waals surface area contributed by atoms with Gasteiger partial charge >= 0.3 is 0 Å². The minimum Gasteiger partial charge on any atom is -0.461 e. The number of furan rings is 1. The number of hydrogen-bond acceptors (Lipinski definition) is 6. The maximum absolute atomic E-state index is 12.4. The van der Waals surface area contributed by atoms with E-state index < -0.39 is 21.5 Å². The van der Waals surface area contributed by atoms with Crippen molar-refractivity contribution < 1.29 is 17.6 Å². The summed E-state index contributed by atoms with van der Waals surface area (Å²) < 4.78 is 31.3. The summed E-state index contributed by atoms with van der Waals surface area (Å²) in [5.74, 6) is -0.422. The average Bonchev–Trinajstić information content (AvgIpc) is 3.17. The Balaban J connectivity index is 1.76. The zero-order valence-corrected chi connectivity index (χ0v) is 13.5. The minimum absolute atomic E-state index is 0.0795. The van der Waals surface area contributed by atoms with Gasteiger partial charge < -0.3 is 9.73 Å². The molecular weight excluding hydrogens is 320 g/mol. The summed E-state index contributed by atoms with van der Waals surface area (Å²) in [5.41, 5.74) is 0. The van der Waals surface area contributed by atoms with Crippen LogP contribution in [0.2, 0.25) is 0 Å². The van der Waals surface area contributed by atoms with Crippen LogP contribution < -0.4 is 5.32 Å². The molecule has 0 atom stereocenters. The lowest BCUT2D eigenvalue weighted by atomic mass is 10.2. The van der Waals surface area contributed by atoms with Gasteiger partial charge in [0.15, 0.2) is 11.6 Å². The van der Waals surface area contributed by atoms with Gasteiger partial charge in [0, 0.05) is 13.1 Å². The first-order chi connectivity index (χ1) is 11.0. The van der Waals surface area contributed by atoms with E-state index in [-0.39, 0.29) is 11.2 Å². The molecule has 1 saturated carbocycles.